The molecule has 0 aliphatic heterocycles. The molecule has 0 aromatic heterocycles. The predicted molar refractivity (Wildman–Crippen MR) is 184 cm³/mol. The SMILES string of the molecule is CCC(C)C(Nc1ccc2c(cc1=O)C(NC(C)=O)CCc1cc(OC)c(OC)c(OC)c1-2)C(=O)Nc1cc(OC)c(OC)c(OC)c1. The van der Waals surface area contributed by atoms with Gasteiger partial charge in [-0.25, -0.2) is 0 Å². The highest BCUT2D eigenvalue weighted by Crippen LogP contribution is 2.50. The Bertz CT molecular complexity index is 1700. The molecule has 3 aromatic carbocycles. The van der Waals surface area contributed by atoms with Crippen LogP contribution in [0, 0.1) is 5.92 Å². The first-order valence-corrected chi connectivity index (χ1v) is 15.7. The van der Waals surface area contributed by atoms with Crippen molar-refractivity contribution >= 4 is 23.2 Å². The summed E-state index contributed by atoms with van der Waals surface area (Å²) in [4.78, 5) is 40.1. The van der Waals surface area contributed by atoms with Gasteiger partial charge in [-0.2, -0.15) is 0 Å². The first kappa shape index (κ1) is 35.7. The summed E-state index contributed by atoms with van der Waals surface area (Å²) in [6.07, 6.45) is 1.75. The van der Waals surface area contributed by atoms with Crippen LogP contribution in [0.15, 0.2) is 41.2 Å². The molecule has 0 spiro atoms. The van der Waals surface area contributed by atoms with Crippen molar-refractivity contribution in [2.75, 3.05) is 53.3 Å². The van der Waals surface area contributed by atoms with Gasteiger partial charge in [0, 0.05) is 30.3 Å². The Balaban J connectivity index is 1.84. The fourth-order valence-corrected chi connectivity index (χ4v) is 6.07. The number of carbonyl (C=O) groups is 2. The van der Waals surface area contributed by atoms with E-state index in [9.17, 15) is 14.4 Å². The van der Waals surface area contributed by atoms with E-state index in [1.807, 2.05) is 26.0 Å². The number of anilines is 2. The Morgan fingerprint density at radius 2 is 1.44 bits per heavy atom. The Morgan fingerprint density at radius 3 is 1.98 bits per heavy atom. The lowest BCUT2D eigenvalue weighted by atomic mass is 9.95. The molecular formula is C36H45N3O9. The van der Waals surface area contributed by atoms with Gasteiger partial charge < -0.3 is 44.4 Å². The Kier molecular flexibility index (Phi) is 11.6. The average Bonchev–Trinajstić information content (AvgIpc) is 3.32. The lowest BCUT2D eigenvalue weighted by Crippen LogP contribution is -2.40. The van der Waals surface area contributed by atoms with E-state index in [0.717, 1.165) is 11.1 Å². The van der Waals surface area contributed by atoms with Gasteiger partial charge in [-0.1, -0.05) is 26.3 Å². The van der Waals surface area contributed by atoms with Crippen molar-refractivity contribution in [1.82, 2.24) is 5.32 Å². The molecular weight excluding hydrogens is 618 g/mol. The van der Waals surface area contributed by atoms with Gasteiger partial charge in [-0.15, -0.1) is 0 Å². The van der Waals surface area contributed by atoms with Crippen LogP contribution in [0.4, 0.5) is 11.4 Å². The highest BCUT2D eigenvalue weighted by atomic mass is 16.5. The van der Waals surface area contributed by atoms with Crippen LogP contribution in [0.25, 0.3) is 11.1 Å². The first-order chi connectivity index (χ1) is 23.0. The van der Waals surface area contributed by atoms with Crippen molar-refractivity contribution < 1.29 is 38.0 Å². The Morgan fingerprint density at radius 1 is 0.833 bits per heavy atom. The summed E-state index contributed by atoms with van der Waals surface area (Å²) in [6.45, 7) is 5.35. The molecule has 0 fully saturated rings. The van der Waals surface area contributed by atoms with Crippen molar-refractivity contribution in [2.24, 2.45) is 5.92 Å². The summed E-state index contributed by atoms with van der Waals surface area (Å²) in [5.74, 6) is 1.79. The number of aryl methyl sites for hydroxylation is 1. The third kappa shape index (κ3) is 7.22. The van der Waals surface area contributed by atoms with Gasteiger partial charge in [0.2, 0.25) is 28.7 Å². The molecule has 12 nitrogen and oxygen atoms in total. The van der Waals surface area contributed by atoms with E-state index in [1.54, 1.807) is 32.4 Å². The van der Waals surface area contributed by atoms with Gasteiger partial charge in [0.05, 0.1) is 54.4 Å². The minimum Gasteiger partial charge on any atom is -0.493 e. The predicted octanol–water partition coefficient (Wildman–Crippen LogP) is 5.35. The zero-order valence-corrected chi connectivity index (χ0v) is 29.0. The quantitative estimate of drug-likeness (QED) is 0.219. The standard InChI is InChI=1S/C36H45N3O9/c1-10-19(2)32(36(42)38-22-16-29(44-5)33(46-7)30(17-22)45-6)39-26-14-12-23-24(18-27(26)41)25(37-20(3)40)13-11-21-15-28(43-4)34(47-8)35(48-9)31(21)23/h12,14-19,25,32H,10-11,13H2,1-9H3,(H,37,40)(H,38,42)(H,39,41). The fraction of sp³-hybridized carbons (Fsp3) is 0.417. The van der Waals surface area contributed by atoms with Gasteiger partial charge in [-0.3, -0.25) is 14.4 Å². The molecule has 0 bridgehead atoms. The number of nitrogens with one attached hydrogen (secondary N) is 3. The van der Waals surface area contributed by atoms with Crippen molar-refractivity contribution in [2.45, 2.75) is 52.1 Å². The van der Waals surface area contributed by atoms with Gasteiger partial charge in [0.15, 0.2) is 23.0 Å². The number of fused-ring (bicyclic) bond motifs is 3. The monoisotopic (exact) mass is 663 g/mol. The molecule has 3 atom stereocenters. The normalized spacial score (nSPS) is 14.6. The van der Waals surface area contributed by atoms with Gasteiger partial charge in [0.1, 0.15) is 6.04 Å². The molecule has 4 rings (SSSR count). The minimum absolute atomic E-state index is 0.167. The Hall–Kier alpha value is -5.13. The third-order valence-electron chi connectivity index (χ3n) is 8.65. The van der Waals surface area contributed by atoms with Crippen molar-refractivity contribution in [3.63, 3.8) is 0 Å². The lowest BCUT2D eigenvalue weighted by Gasteiger charge is -2.24. The van der Waals surface area contributed by atoms with Crippen LogP contribution in [0.1, 0.15) is 50.8 Å². The van der Waals surface area contributed by atoms with Crippen LogP contribution in [0.5, 0.6) is 34.5 Å². The van der Waals surface area contributed by atoms with Gasteiger partial charge >= 0.3 is 0 Å². The van der Waals surface area contributed by atoms with E-state index in [-0.39, 0.29) is 28.8 Å². The van der Waals surface area contributed by atoms with E-state index in [2.05, 4.69) is 16.0 Å². The van der Waals surface area contributed by atoms with Crippen molar-refractivity contribution in [3.8, 4) is 45.6 Å². The van der Waals surface area contributed by atoms with E-state index in [1.165, 1.54) is 41.4 Å². The largest absolute Gasteiger partial charge is 0.493 e. The van der Waals surface area contributed by atoms with E-state index in [0.29, 0.717) is 70.6 Å². The van der Waals surface area contributed by atoms with Crippen LogP contribution in [-0.2, 0) is 16.0 Å². The van der Waals surface area contributed by atoms with Gasteiger partial charge in [-0.05, 0) is 53.6 Å². The molecule has 0 heterocycles. The molecule has 3 aromatic rings. The molecule has 12 heteroatoms. The number of methoxy groups -OCH3 is 6. The summed E-state index contributed by atoms with van der Waals surface area (Å²) >= 11 is 0. The zero-order valence-electron chi connectivity index (χ0n) is 29.0. The number of benzene rings is 2. The highest BCUT2D eigenvalue weighted by molar-refractivity contribution is 5.97. The molecule has 48 heavy (non-hydrogen) atoms. The topological polar surface area (TPSA) is 143 Å². The van der Waals surface area contributed by atoms with E-state index >= 15 is 0 Å². The molecule has 0 saturated heterocycles. The van der Waals surface area contributed by atoms with Crippen LogP contribution in [0.2, 0.25) is 0 Å². The Labute approximate surface area is 281 Å². The summed E-state index contributed by atoms with van der Waals surface area (Å²) in [7, 11) is 9.13. The maximum Gasteiger partial charge on any atom is 0.247 e. The summed E-state index contributed by atoms with van der Waals surface area (Å²) in [6, 6.07) is 8.93. The zero-order chi connectivity index (χ0) is 35.1. The first-order valence-electron chi connectivity index (χ1n) is 15.7. The summed E-state index contributed by atoms with van der Waals surface area (Å²) in [5.41, 5.74) is 3.26. The number of rotatable bonds is 13. The van der Waals surface area contributed by atoms with Crippen molar-refractivity contribution in [3.05, 3.63) is 57.7 Å². The number of amides is 2. The highest BCUT2D eigenvalue weighted by Gasteiger charge is 2.31. The molecule has 1 aliphatic rings. The summed E-state index contributed by atoms with van der Waals surface area (Å²) in [5, 5.41) is 9.18. The number of hydrogen-bond donors (Lipinski definition) is 3. The second-order valence-electron chi connectivity index (χ2n) is 11.5. The molecule has 0 radical (unpaired) electrons. The maximum absolute atomic E-state index is 14.0. The summed E-state index contributed by atoms with van der Waals surface area (Å²) < 4.78 is 33.5. The number of ether oxygens (including phenoxy) is 6. The second-order valence-corrected chi connectivity index (χ2v) is 11.5. The second kappa shape index (κ2) is 15.6. The molecule has 1 aliphatic carbocycles. The molecule has 2 amide bonds. The minimum atomic E-state index is -0.790. The van der Waals surface area contributed by atoms with E-state index < -0.39 is 12.1 Å². The molecule has 258 valence electrons. The average molecular weight is 664 g/mol. The maximum atomic E-state index is 14.0. The third-order valence-corrected chi connectivity index (χ3v) is 8.65. The van der Waals surface area contributed by atoms with Gasteiger partial charge in [0.25, 0.3) is 0 Å². The van der Waals surface area contributed by atoms with Crippen LogP contribution in [-0.4, -0.2) is 60.5 Å². The van der Waals surface area contributed by atoms with Crippen LogP contribution < -0.4 is 49.8 Å². The molecule has 3 N–H and O–H groups in total. The van der Waals surface area contributed by atoms with Crippen LogP contribution in [0.3, 0.4) is 0 Å². The lowest BCUT2D eigenvalue weighted by molar-refractivity contribution is -0.120. The fourth-order valence-electron chi connectivity index (χ4n) is 6.07. The van der Waals surface area contributed by atoms with E-state index in [4.69, 9.17) is 28.4 Å². The molecule has 3 unspecified atom stereocenters. The number of hydrogen-bond acceptors (Lipinski definition) is 10. The smallest absolute Gasteiger partial charge is 0.247 e. The van der Waals surface area contributed by atoms with Crippen molar-refractivity contribution in [1.29, 1.82) is 0 Å². The van der Waals surface area contributed by atoms with Crippen LogP contribution >= 0.6 is 0 Å². The number of carbonyl (C=O) groups excluding carboxylic acids is 2. The molecule has 0 saturated carbocycles.